The Bertz CT molecular complexity index is 1500. The van der Waals surface area contributed by atoms with E-state index in [0.717, 1.165) is 41.9 Å². The van der Waals surface area contributed by atoms with E-state index in [0.29, 0.717) is 30.2 Å². The molecule has 0 bridgehead atoms. The molecule has 0 atom stereocenters. The molecule has 10 nitrogen and oxygen atoms in total. The lowest BCUT2D eigenvalue weighted by Gasteiger charge is -2.28. The van der Waals surface area contributed by atoms with Gasteiger partial charge in [-0.1, -0.05) is 0 Å². The average Bonchev–Trinajstić information content (AvgIpc) is 3.58. The molecule has 6 rings (SSSR count). The fourth-order valence-corrected chi connectivity index (χ4v) is 4.11. The van der Waals surface area contributed by atoms with Crippen molar-refractivity contribution in [1.82, 2.24) is 34.3 Å². The van der Waals surface area contributed by atoms with Crippen molar-refractivity contribution in [2.24, 2.45) is 7.05 Å². The predicted molar refractivity (Wildman–Crippen MR) is 122 cm³/mol. The highest BCUT2D eigenvalue weighted by Gasteiger charge is 2.19. The first kappa shape index (κ1) is 20.5. The van der Waals surface area contributed by atoms with Crippen LogP contribution in [0.15, 0.2) is 36.8 Å². The molecule has 0 amide bonds. The number of halogens is 2. The summed E-state index contributed by atoms with van der Waals surface area (Å²) >= 11 is 0. The first-order valence-corrected chi connectivity index (χ1v) is 10.8. The molecular formula is C22H21F2N9O. The van der Waals surface area contributed by atoms with E-state index in [1.165, 1.54) is 6.07 Å². The van der Waals surface area contributed by atoms with Crippen molar-refractivity contribution in [3.05, 3.63) is 54.2 Å². The number of nitrogens with one attached hydrogen (secondary N) is 2. The quantitative estimate of drug-likeness (QED) is 0.412. The zero-order valence-electron chi connectivity index (χ0n) is 18.3. The van der Waals surface area contributed by atoms with Gasteiger partial charge in [0.1, 0.15) is 11.3 Å². The summed E-state index contributed by atoms with van der Waals surface area (Å²) in [6.45, 7) is 2.96. The topological polar surface area (TPSA) is 101 Å². The van der Waals surface area contributed by atoms with Gasteiger partial charge in [-0.2, -0.15) is 5.10 Å². The lowest BCUT2D eigenvalue weighted by atomic mass is 10.3. The second kappa shape index (κ2) is 8.06. The number of H-pyrrole nitrogens is 1. The zero-order chi connectivity index (χ0) is 23.2. The van der Waals surface area contributed by atoms with Crippen LogP contribution < -0.4 is 10.2 Å². The minimum Gasteiger partial charge on any atom is -0.378 e. The maximum absolute atomic E-state index is 14.1. The van der Waals surface area contributed by atoms with Gasteiger partial charge >= 0.3 is 0 Å². The summed E-state index contributed by atoms with van der Waals surface area (Å²) in [5.74, 6) is -0.638. The van der Waals surface area contributed by atoms with Crippen LogP contribution >= 0.6 is 0 Å². The minimum absolute atomic E-state index is 0.0228. The van der Waals surface area contributed by atoms with Gasteiger partial charge in [-0.25, -0.2) is 23.3 Å². The number of anilines is 2. The van der Waals surface area contributed by atoms with Crippen molar-refractivity contribution in [2.75, 3.05) is 36.5 Å². The average molecular weight is 465 g/mol. The lowest BCUT2D eigenvalue weighted by molar-refractivity contribution is 0.122. The number of benzene rings is 1. The number of rotatable bonds is 5. The summed E-state index contributed by atoms with van der Waals surface area (Å²) in [5.41, 5.74) is 3.47. The van der Waals surface area contributed by atoms with Crippen LogP contribution in [0.4, 0.5) is 20.3 Å². The maximum Gasteiger partial charge on any atom is 0.186 e. The second-order valence-electron chi connectivity index (χ2n) is 8.09. The molecule has 0 spiro atoms. The molecule has 1 aliphatic heterocycles. The molecule has 1 aliphatic rings. The van der Waals surface area contributed by atoms with Gasteiger partial charge < -0.3 is 19.9 Å². The predicted octanol–water partition coefficient (Wildman–Crippen LogP) is 2.73. The van der Waals surface area contributed by atoms with Crippen LogP contribution in [0.2, 0.25) is 0 Å². The van der Waals surface area contributed by atoms with Crippen LogP contribution in [0.25, 0.3) is 27.9 Å². The molecule has 0 radical (unpaired) electrons. The smallest absolute Gasteiger partial charge is 0.186 e. The van der Waals surface area contributed by atoms with Crippen molar-refractivity contribution < 1.29 is 13.5 Å². The van der Waals surface area contributed by atoms with Crippen LogP contribution in [0.1, 0.15) is 5.82 Å². The number of morpholine rings is 1. The van der Waals surface area contributed by atoms with Crippen molar-refractivity contribution >= 4 is 28.2 Å². The van der Waals surface area contributed by atoms with Crippen molar-refractivity contribution in [3.63, 3.8) is 0 Å². The first-order valence-electron chi connectivity index (χ1n) is 10.8. The summed E-state index contributed by atoms with van der Waals surface area (Å²) in [5, 5.41) is 12.4. The highest BCUT2D eigenvalue weighted by Crippen LogP contribution is 2.28. The Morgan fingerprint density at radius 1 is 1.18 bits per heavy atom. The molecule has 5 aromatic rings. The Labute approximate surface area is 192 Å². The number of hydrogen-bond donors (Lipinski definition) is 2. The van der Waals surface area contributed by atoms with E-state index in [1.54, 1.807) is 21.6 Å². The summed E-state index contributed by atoms with van der Waals surface area (Å²) in [6, 6.07) is 4.49. The Hall–Kier alpha value is -4.06. The SMILES string of the molecule is Cn1cc(-c2cnc3c(NCc4nc5c(F)c(F)ccc5[nH]4)cc(N4CCOCC4)nn23)cn1. The highest BCUT2D eigenvalue weighted by molar-refractivity contribution is 5.77. The number of ether oxygens (including phenoxy) is 1. The van der Waals surface area contributed by atoms with Crippen LogP contribution in [0.5, 0.6) is 0 Å². The van der Waals surface area contributed by atoms with Gasteiger partial charge in [0.15, 0.2) is 23.1 Å². The number of hydrogen-bond acceptors (Lipinski definition) is 7. The molecule has 34 heavy (non-hydrogen) atoms. The fraction of sp³-hybridized carbons (Fsp3) is 0.273. The largest absolute Gasteiger partial charge is 0.378 e. The van der Waals surface area contributed by atoms with Crippen molar-refractivity contribution in [2.45, 2.75) is 6.54 Å². The van der Waals surface area contributed by atoms with Crippen LogP contribution in [0, 0.1) is 11.6 Å². The molecule has 1 fully saturated rings. The van der Waals surface area contributed by atoms with Gasteiger partial charge in [-0.15, -0.1) is 5.10 Å². The molecule has 4 aromatic heterocycles. The number of aromatic nitrogens is 7. The second-order valence-corrected chi connectivity index (χ2v) is 8.09. The Kier molecular flexibility index (Phi) is 4.87. The third-order valence-electron chi connectivity index (χ3n) is 5.83. The molecule has 12 heteroatoms. The van der Waals surface area contributed by atoms with Crippen molar-refractivity contribution in [1.29, 1.82) is 0 Å². The molecule has 1 saturated heterocycles. The first-order chi connectivity index (χ1) is 16.6. The number of nitrogens with zero attached hydrogens (tertiary/aromatic N) is 7. The van der Waals surface area contributed by atoms with E-state index in [1.807, 2.05) is 19.3 Å². The van der Waals surface area contributed by atoms with Crippen LogP contribution in [-0.4, -0.2) is 60.6 Å². The number of imidazole rings is 2. The van der Waals surface area contributed by atoms with E-state index < -0.39 is 11.6 Å². The Morgan fingerprint density at radius 3 is 2.82 bits per heavy atom. The zero-order valence-corrected chi connectivity index (χ0v) is 18.3. The van der Waals surface area contributed by atoms with Crippen LogP contribution in [0.3, 0.4) is 0 Å². The van der Waals surface area contributed by atoms with E-state index in [2.05, 4.69) is 30.3 Å². The third-order valence-corrected chi connectivity index (χ3v) is 5.83. The van der Waals surface area contributed by atoms with Crippen molar-refractivity contribution in [3.8, 4) is 11.3 Å². The van der Waals surface area contributed by atoms with E-state index >= 15 is 0 Å². The molecule has 2 N–H and O–H groups in total. The Morgan fingerprint density at radius 2 is 2.03 bits per heavy atom. The van der Waals surface area contributed by atoms with E-state index in [9.17, 15) is 8.78 Å². The van der Waals surface area contributed by atoms with Gasteiger partial charge in [0.2, 0.25) is 0 Å². The highest BCUT2D eigenvalue weighted by atomic mass is 19.2. The van der Waals surface area contributed by atoms with Gasteiger partial charge in [-0.05, 0) is 12.1 Å². The minimum atomic E-state index is -0.963. The Balaban J connectivity index is 1.39. The molecule has 0 saturated carbocycles. The molecule has 5 heterocycles. The summed E-state index contributed by atoms with van der Waals surface area (Å²) < 4.78 is 36.7. The van der Waals surface area contributed by atoms with Gasteiger partial charge in [-0.3, -0.25) is 4.68 Å². The lowest BCUT2D eigenvalue weighted by Crippen LogP contribution is -2.37. The van der Waals surface area contributed by atoms with Gasteiger partial charge in [0.05, 0.1) is 49.1 Å². The molecule has 0 aliphatic carbocycles. The van der Waals surface area contributed by atoms with Crippen LogP contribution in [-0.2, 0) is 18.3 Å². The standard InChI is InChI=1S/C22H21F2N9O/c1-31-12-13(9-27-31)17-10-26-22-16(8-19(30-33(17)22)32-4-6-34-7-5-32)25-11-18-28-15-3-2-14(23)20(24)21(15)29-18/h2-3,8-10,12,25H,4-7,11H2,1H3,(H,28,29). The fourth-order valence-electron chi connectivity index (χ4n) is 4.11. The summed E-state index contributed by atoms with van der Waals surface area (Å²) in [4.78, 5) is 14.0. The number of fused-ring (bicyclic) bond motifs is 2. The summed E-state index contributed by atoms with van der Waals surface area (Å²) in [7, 11) is 1.86. The number of aromatic amines is 1. The molecule has 0 unspecified atom stereocenters. The molecule has 1 aromatic carbocycles. The number of aryl methyl sites for hydroxylation is 1. The molecule has 174 valence electrons. The summed E-state index contributed by atoms with van der Waals surface area (Å²) in [6.07, 6.45) is 5.43. The van der Waals surface area contributed by atoms with Gasteiger partial charge in [0.25, 0.3) is 0 Å². The molecular weight excluding hydrogens is 444 g/mol. The normalized spacial score (nSPS) is 14.4. The third kappa shape index (κ3) is 3.52. The van der Waals surface area contributed by atoms with E-state index in [4.69, 9.17) is 9.84 Å². The maximum atomic E-state index is 14.1. The van der Waals surface area contributed by atoms with E-state index in [-0.39, 0.29) is 12.1 Å². The van der Waals surface area contributed by atoms with Gasteiger partial charge in [0, 0.05) is 38.0 Å². The monoisotopic (exact) mass is 465 g/mol.